The van der Waals surface area contributed by atoms with Gasteiger partial charge in [-0.1, -0.05) is 30.7 Å². The number of halogens is 1. The predicted molar refractivity (Wildman–Crippen MR) is 90.7 cm³/mol. The Balaban J connectivity index is 2.13. The van der Waals surface area contributed by atoms with Crippen molar-refractivity contribution in [2.45, 2.75) is 44.3 Å². The Bertz CT molecular complexity index is 434. The maximum absolute atomic E-state index is 6.41. The number of benzene rings is 1. The third-order valence-electron chi connectivity index (χ3n) is 4.73. The second-order valence-corrected chi connectivity index (χ2v) is 6.72. The van der Waals surface area contributed by atoms with Crippen LogP contribution in [0.5, 0.6) is 0 Å². The molecule has 0 bridgehead atoms. The molecule has 3 unspecified atom stereocenters. The lowest BCUT2D eigenvalue weighted by Gasteiger charge is -2.35. The van der Waals surface area contributed by atoms with E-state index >= 15 is 0 Å². The van der Waals surface area contributed by atoms with Crippen molar-refractivity contribution >= 4 is 11.6 Å². The third-order valence-corrected chi connectivity index (χ3v) is 4.99. The van der Waals surface area contributed by atoms with Crippen LogP contribution in [-0.4, -0.2) is 49.1 Å². The second kappa shape index (κ2) is 7.59. The summed E-state index contributed by atoms with van der Waals surface area (Å²) in [7, 11) is 4.42. The lowest BCUT2D eigenvalue weighted by atomic mass is 9.96. The highest BCUT2D eigenvalue weighted by Gasteiger charge is 2.28. The maximum Gasteiger partial charge on any atom is 0.0496 e. The fourth-order valence-electron chi connectivity index (χ4n) is 3.37. The summed E-state index contributed by atoms with van der Waals surface area (Å²) in [5, 5.41) is 0.778. The second-order valence-electron chi connectivity index (χ2n) is 6.28. The topological polar surface area (TPSA) is 32.5 Å². The first-order valence-corrected chi connectivity index (χ1v) is 8.32. The maximum atomic E-state index is 6.41. The van der Waals surface area contributed by atoms with E-state index in [1.54, 1.807) is 0 Å². The van der Waals surface area contributed by atoms with Crippen LogP contribution in [0.1, 0.15) is 37.8 Å². The SMILES string of the molecule is CCC(N)C(c1ccc(Cl)cc1)N(C)CC1CCCN1C. The normalized spacial score (nSPS) is 22.7. The minimum atomic E-state index is 0.142. The van der Waals surface area contributed by atoms with Gasteiger partial charge in [0.05, 0.1) is 0 Å². The molecular weight excluding hydrogens is 282 g/mol. The Morgan fingerprint density at radius 1 is 1.38 bits per heavy atom. The van der Waals surface area contributed by atoms with Gasteiger partial charge in [0.15, 0.2) is 0 Å². The standard InChI is InChI=1S/C17H28ClN3/c1-4-16(19)17(13-7-9-14(18)10-8-13)21(3)12-15-6-5-11-20(15)2/h7-10,15-17H,4-6,11-12,19H2,1-3H3. The zero-order valence-electron chi connectivity index (χ0n) is 13.4. The summed E-state index contributed by atoms with van der Waals surface area (Å²) in [5.74, 6) is 0. The van der Waals surface area contributed by atoms with Gasteiger partial charge in [-0.25, -0.2) is 0 Å². The van der Waals surface area contributed by atoms with Gasteiger partial charge in [-0.3, -0.25) is 4.90 Å². The van der Waals surface area contributed by atoms with Crippen LogP contribution in [0, 0.1) is 0 Å². The van der Waals surface area contributed by atoms with Crippen LogP contribution in [0.4, 0.5) is 0 Å². The molecule has 0 radical (unpaired) electrons. The molecule has 0 spiro atoms. The van der Waals surface area contributed by atoms with E-state index in [0.717, 1.165) is 18.0 Å². The van der Waals surface area contributed by atoms with Crippen molar-refractivity contribution in [3.8, 4) is 0 Å². The average molecular weight is 310 g/mol. The molecule has 118 valence electrons. The fourth-order valence-corrected chi connectivity index (χ4v) is 3.49. The molecule has 1 aliphatic rings. The molecule has 3 atom stereocenters. The lowest BCUT2D eigenvalue weighted by molar-refractivity contribution is 0.157. The van der Waals surface area contributed by atoms with Gasteiger partial charge in [0.1, 0.15) is 0 Å². The van der Waals surface area contributed by atoms with Crippen molar-refractivity contribution in [1.29, 1.82) is 0 Å². The summed E-state index contributed by atoms with van der Waals surface area (Å²) in [6.07, 6.45) is 3.56. The minimum absolute atomic E-state index is 0.142. The van der Waals surface area contributed by atoms with Gasteiger partial charge >= 0.3 is 0 Å². The van der Waals surface area contributed by atoms with Crippen LogP contribution in [0.3, 0.4) is 0 Å². The van der Waals surface area contributed by atoms with E-state index < -0.39 is 0 Å². The summed E-state index contributed by atoms with van der Waals surface area (Å²) in [6, 6.07) is 9.18. The summed E-state index contributed by atoms with van der Waals surface area (Å²) in [5.41, 5.74) is 7.67. The van der Waals surface area contributed by atoms with Crippen LogP contribution in [-0.2, 0) is 0 Å². The van der Waals surface area contributed by atoms with E-state index in [-0.39, 0.29) is 12.1 Å². The molecule has 0 saturated carbocycles. The van der Waals surface area contributed by atoms with Crippen LogP contribution in [0.25, 0.3) is 0 Å². The van der Waals surface area contributed by atoms with Crippen LogP contribution in [0.15, 0.2) is 24.3 Å². The Hall–Kier alpha value is -0.610. The number of hydrogen-bond acceptors (Lipinski definition) is 3. The number of nitrogens with two attached hydrogens (primary N) is 1. The van der Waals surface area contributed by atoms with Gasteiger partial charge in [0, 0.05) is 29.7 Å². The molecule has 3 nitrogen and oxygen atoms in total. The first kappa shape index (κ1) is 16.8. The largest absolute Gasteiger partial charge is 0.326 e. The molecule has 1 saturated heterocycles. The van der Waals surface area contributed by atoms with E-state index in [0.29, 0.717) is 6.04 Å². The van der Waals surface area contributed by atoms with Crippen molar-refractivity contribution in [2.75, 3.05) is 27.2 Å². The molecule has 0 aromatic heterocycles. The molecule has 1 heterocycles. The monoisotopic (exact) mass is 309 g/mol. The fraction of sp³-hybridized carbons (Fsp3) is 0.647. The van der Waals surface area contributed by atoms with Gasteiger partial charge in [0.2, 0.25) is 0 Å². The molecule has 2 rings (SSSR count). The van der Waals surface area contributed by atoms with Gasteiger partial charge in [-0.15, -0.1) is 0 Å². The van der Waals surface area contributed by atoms with Gasteiger partial charge in [0.25, 0.3) is 0 Å². The van der Waals surface area contributed by atoms with Crippen molar-refractivity contribution in [1.82, 2.24) is 9.80 Å². The Kier molecular flexibility index (Phi) is 6.06. The van der Waals surface area contributed by atoms with E-state index in [2.05, 4.69) is 43.0 Å². The summed E-state index contributed by atoms with van der Waals surface area (Å²) >= 11 is 6.01. The molecule has 4 heteroatoms. The zero-order valence-corrected chi connectivity index (χ0v) is 14.2. The number of likely N-dealkylation sites (tertiary alicyclic amines) is 1. The summed E-state index contributed by atoms with van der Waals surface area (Å²) in [4.78, 5) is 4.89. The molecule has 0 aliphatic carbocycles. The third kappa shape index (κ3) is 4.19. The molecule has 1 aliphatic heterocycles. The van der Waals surface area contributed by atoms with Crippen molar-refractivity contribution < 1.29 is 0 Å². The highest BCUT2D eigenvalue weighted by molar-refractivity contribution is 6.30. The van der Waals surface area contributed by atoms with Crippen molar-refractivity contribution in [3.63, 3.8) is 0 Å². The van der Waals surface area contributed by atoms with Crippen LogP contribution >= 0.6 is 11.6 Å². The Labute approximate surface area is 134 Å². The number of hydrogen-bond donors (Lipinski definition) is 1. The van der Waals surface area contributed by atoms with Crippen molar-refractivity contribution in [2.24, 2.45) is 5.73 Å². The first-order chi connectivity index (χ1) is 10.0. The Morgan fingerprint density at radius 3 is 2.57 bits per heavy atom. The molecule has 0 amide bonds. The highest BCUT2D eigenvalue weighted by atomic mass is 35.5. The molecule has 21 heavy (non-hydrogen) atoms. The number of nitrogens with zero attached hydrogens (tertiary/aromatic N) is 2. The van der Waals surface area contributed by atoms with E-state index in [1.165, 1.54) is 24.9 Å². The molecular formula is C17H28ClN3. The van der Waals surface area contributed by atoms with E-state index in [1.807, 2.05) is 12.1 Å². The summed E-state index contributed by atoms with van der Waals surface area (Å²) < 4.78 is 0. The van der Waals surface area contributed by atoms with Gasteiger partial charge in [-0.2, -0.15) is 0 Å². The molecule has 1 aromatic rings. The molecule has 1 fully saturated rings. The lowest BCUT2D eigenvalue weighted by Crippen LogP contribution is -2.44. The van der Waals surface area contributed by atoms with Gasteiger partial charge in [-0.05, 0) is 57.6 Å². The molecule has 1 aromatic carbocycles. The minimum Gasteiger partial charge on any atom is -0.326 e. The van der Waals surface area contributed by atoms with E-state index in [9.17, 15) is 0 Å². The smallest absolute Gasteiger partial charge is 0.0496 e. The van der Waals surface area contributed by atoms with Gasteiger partial charge < -0.3 is 10.6 Å². The number of rotatable bonds is 6. The number of likely N-dealkylation sites (N-methyl/N-ethyl adjacent to an activating group) is 2. The first-order valence-electron chi connectivity index (χ1n) is 7.94. The van der Waals surface area contributed by atoms with Crippen LogP contribution in [0.2, 0.25) is 5.02 Å². The van der Waals surface area contributed by atoms with Crippen LogP contribution < -0.4 is 5.73 Å². The Morgan fingerprint density at radius 2 is 2.05 bits per heavy atom. The van der Waals surface area contributed by atoms with Crippen molar-refractivity contribution in [3.05, 3.63) is 34.9 Å². The molecule has 2 N–H and O–H groups in total. The zero-order chi connectivity index (χ0) is 15.4. The predicted octanol–water partition coefficient (Wildman–Crippen LogP) is 3.14. The highest BCUT2D eigenvalue weighted by Crippen LogP contribution is 2.27. The summed E-state index contributed by atoms with van der Waals surface area (Å²) in [6.45, 7) is 4.44. The quantitative estimate of drug-likeness (QED) is 0.876. The average Bonchev–Trinajstić information content (AvgIpc) is 2.86. The van der Waals surface area contributed by atoms with E-state index in [4.69, 9.17) is 17.3 Å².